The van der Waals surface area contributed by atoms with Gasteiger partial charge in [-0.25, -0.2) is 5.43 Å². The Hall–Kier alpha value is -4.04. The molecule has 0 unspecified atom stereocenters. The molecule has 0 aliphatic carbocycles. The Bertz CT molecular complexity index is 1180. The van der Waals surface area contributed by atoms with Crippen LogP contribution in [0.15, 0.2) is 71.8 Å². The Balaban J connectivity index is 1.62. The van der Waals surface area contributed by atoms with Crippen molar-refractivity contribution < 1.29 is 14.5 Å². The predicted octanol–water partition coefficient (Wildman–Crippen LogP) is 4.57. The van der Waals surface area contributed by atoms with Crippen LogP contribution in [0.1, 0.15) is 31.8 Å². The van der Waals surface area contributed by atoms with Crippen LogP contribution in [0.25, 0.3) is 0 Å². The maximum absolute atomic E-state index is 12.3. The summed E-state index contributed by atoms with van der Waals surface area (Å²) in [4.78, 5) is 34.8. The van der Waals surface area contributed by atoms with Crippen molar-refractivity contribution in [3.8, 4) is 0 Å². The quantitative estimate of drug-likeness (QED) is 0.334. The van der Waals surface area contributed by atoms with Gasteiger partial charge in [-0.3, -0.25) is 19.7 Å². The lowest BCUT2D eigenvalue weighted by atomic mass is 10.1. The van der Waals surface area contributed by atoms with Gasteiger partial charge in [-0.05, 0) is 49.4 Å². The van der Waals surface area contributed by atoms with E-state index in [1.807, 2.05) is 13.0 Å². The fourth-order valence-electron chi connectivity index (χ4n) is 2.66. The number of nitro groups is 1. The number of rotatable bonds is 6. The number of hydrogen-bond acceptors (Lipinski definition) is 5. The molecule has 156 valence electrons. The number of anilines is 1. The number of non-ortho nitro benzene ring substituents is 1. The second kappa shape index (κ2) is 9.64. The number of hydrazone groups is 1. The van der Waals surface area contributed by atoms with E-state index in [2.05, 4.69) is 15.8 Å². The summed E-state index contributed by atoms with van der Waals surface area (Å²) in [5, 5.41) is 17.7. The summed E-state index contributed by atoms with van der Waals surface area (Å²) < 4.78 is 0. The Kier molecular flexibility index (Phi) is 6.74. The van der Waals surface area contributed by atoms with Crippen LogP contribution in [0.4, 0.5) is 11.4 Å². The number of hydrogen-bond donors (Lipinski definition) is 2. The highest BCUT2D eigenvalue weighted by molar-refractivity contribution is 6.33. The van der Waals surface area contributed by atoms with Gasteiger partial charge in [-0.1, -0.05) is 29.3 Å². The minimum atomic E-state index is -0.550. The molecule has 0 radical (unpaired) electrons. The maximum atomic E-state index is 12.3. The summed E-state index contributed by atoms with van der Waals surface area (Å²) >= 11 is 5.98. The van der Waals surface area contributed by atoms with Crippen LogP contribution >= 0.6 is 11.6 Å². The van der Waals surface area contributed by atoms with Crippen LogP contribution in [-0.2, 0) is 0 Å². The molecule has 9 heteroatoms. The lowest BCUT2D eigenvalue weighted by Crippen LogP contribution is -2.18. The maximum Gasteiger partial charge on any atom is 0.271 e. The van der Waals surface area contributed by atoms with Gasteiger partial charge >= 0.3 is 0 Å². The first-order valence-corrected chi connectivity index (χ1v) is 9.47. The molecule has 0 spiro atoms. The summed E-state index contributed by atoms with van der Waals surface area (Å²) in [5.74, 6) is -0.742. The summed E-state index contributed by atoms with van der Waals surface area (Å²) in [6, 6.07) is 17.4. The van der Waals surface area contributed by atoms with Gasteiger partial charge in [0, 0.05) is 39.5 Å². The van der Waals surface area contributed by atoms with Gasteiger partial charge in [-0.15, -0.1) is 0 Å². The Morgan fingerprint density at radius 1 is 1.00 bits per heavy atom. The molecule has 0 aliphatic heterocycles. The fourth-order valence-corrected chi connectivity index (χ4v) is 2.83. The second-order valence-electron chi connectivity index (χ2n) is 6.56. The van der Waals surface area contributed by atoms with Gasteiger partial charge < -0.3 is 5.32 Å². The van der Waals surface area contributed by atoms with Crippen LogP contribution in [0, 0.1) is 17.0 Å². The van der Waals surface area contributed by atoms with E-state index in [4.69, 9.17) is 11.6 Å². The van der Waals surface area contributed by atoms with Crippen molar-refractivity contribution in [2.45, 2.75) is 6.92 Å². The van der Waals surface area contributed by atoms with E-state index in [1.165, 1.54) is 36.5 Å². The molecule has 0 aromatic heterocycles. The van der Waals surface area contributed by atoms with Gasteiger partial charge in [0.05, 0.1) is 11.1 Å². The number of nitro benzene ring substituents is 1. The molecular weight excluding hydrogens is 420 g/mol. The van der Waals surface area contributed by atoms with Gasteiger partial charge in [0.1, 0.15) is 0 Å². The number of benzene rings is 3. The van der Waals surface area contributed by atoms with Crippen LogP contribution in [0.5, 0.6) is 0 Å². The third-order valence-corrected chi connectivity index (χ3v) is 4.59. The number of nitrogens with zero attached hydrogens (tertiary/aromatic N) is 2. The van der Waals surface area contributed by atoms with E-state index in [1.54, 1.807) is 30.3 Å². The van der Waals surface area contributed by atoms with Crippen molar-refractivity contribution in [2.24, 2.45) is 5.10 Å². The summed E-state index contributed by atoms with van der Waals surface area (Å²) in [6.45, 7) is 1.90. The largest absolute Gasteiger partial charge is 0.322 e. The molecule has 2 N–H and O–H groups in total. The standard InChI is InChI=1S/C22H17ClN4O4/c1-14-3-2-4-16(11-14)21(28)25-18-7-5-15(6-8-18)22(29)26-24-13-17-12-19(27(30)31)9-10-20(17)23/h2-13H,1H3,(H,25,28)(H,26,29)/b24-13+. The van der Waals surface area contributed by atoms with Gasteiger partial charge in [-0.2, -0.15) is 5.10 Å². The first kappa shape index (κ1) is 21.7. The van der Waals surface area contributed by atoms with Gasteiger partial charge in [0.25, 0.3) is 17.5 Å². The molecule has 0 atom stereocenters. The molecular formula is C22H17ClN4O4. The number of carbonyl (C=O) groups excluding carboxylic acids is 2. The van der Waals surface area contributed by atoms with Crippen molar-refractivity contribution in [1.29, 1.82) is 0 Å². The van der Waals surface area contributed by atoms with E-state index < -0.39 is 10.8 Å². The minimum Gasteiger partial charge on any atom is -0.322 e. The Morgan fingerprint density at radius 3 is 2.42 bits per heavy atom. The third kappa shape index (κ3) is 5.74. The number of nitrogens with one attached hydrogen (secondary N) is 2. The molecule has 0 saturated heterocycles. The van der Waals surface area contributed by atoms with Crippen LogP contribution in [-0.4, -0.2) is 23.0 Å². The summed E-state index contributed by atoms with van der Waals surface area (Å²) in [5.41, 5.74) is 4.86. The number of amides is 2. The Morgan fingerprint density at radius 2 is 1.74 bits per heavy atom. The second-order valence-corrected chi connectivity index (χ2v) is 6.97. The zero-order chi connectivity index (χ0) is 22.4. The molecule has 0 heterocycles. The molecule has 0 bridgehead atoms. The molecule has 3 aromatic rings. The smallest absolute Gasteiger partial charge is 0.271 e. The van der Waals surface area contributed by atoms with E-state index in [0.29, 0.717) is 22.4 Å². The topological polar surface area (TPSA) is 114 Å². The predicted molar refractivity (Wildman–Crippen MR) is 119 cm³/mol. The Labute approximate surface area is 182 Å². The molecule has 31 heavy (non-hydrogen) atoms. The van der Waals surface area contributed by atoms with E-state index in [-0.39, 0.29) is 16.6 Å². The zero-order valence-electron chi connectivity index (χ0n) is 16.3. The normalized spacial score (nSPS) is 10.6. The SMILES string of the molecule is Cc1cccc(C(=O)Nc2ccc(C(=O)N/N=C/c3cc([N+](=O)[O-])ccc3Cl)cc2)c1. The van der Waals surface area contributed by atoms with Crippen molar-refractivity contribution in [1.82, 2.24) is 5.43 Å². The minimum absolute atomic E-state index is 0.138. The average Bonchev–Trinajstić information content (AvgIpc) is 2.75. The lowest BCUT2D eigenvalue weighted by Gasteiger charge is -2.07. The lowest BCUT2D eigenvalue weighted by molar-refractivity contribution is -0.384. The van der Waals surface area contributed by atoms with E-state index in [9.17, 15) is 19.7 Å². The summed E-state index contributed by atoms with van der Waals surface area (Å²) in [7, 11) is 0. The highest BCUT2D eigenvalue weighted by Crippen LogP contribution is 2.20. The molecule has 0 fully saturated rings. The van der Waals surface area contributed by atoms with Crippen LogP contribution < -0.4 is 10.7 Å². The first-order chi connectivity index (χ1) is 14.8. The number of carbonyl (C=O) groups is 2. The van der Waals surface area contributed by atoms with Crippen molar-refractivity contribution in [3.05, 3.63) is 104 Å². The molecule has 2 amide bonds. The molecule has 0 saturated carbocycles. The summed E-state index contributed by atoms with van der Waals surface area (Å²) in [6.07, 6.45) is 1.23. The molecule has 3 aromatic carbocycles. The van der Waals surface area contributed by atoms with Crippen molar-refractivity contribution >= 4 is 41.0 Å². The van der Waals surface area contributed by atoms with E-state index >= 15 is 0 Å². The van der Waals surface area contributed by atoms with Crippen molar-refractivity contribution in [3.63, 3.8) is 0 Å². The van der Waals surface area contributed by atoms with Gasteiger partial charge in [0.2, 0.25) is 0 Å². The number of halogens is 1. The molecule has 3 rings (SSSR count). The van der Waals surface area contributed by atoms with Crippen LogP contribution in [0.3, 0.4) is 0 Å². The third-order valence-electron chi connectivity index (χ3n) is 4.25. The highest BCUT2D eigenvalue weighted by atomic mass is 35.5. The highest BCUT2D eigenvalue weighted by Gasteiger charge is 2.10. The number of aryl methyl sites for hydroxylation is 1. The van der Waals surface area contributed by atoms with Crippen LogP contribution in [0.2, 0.25) is 5.02 Å². The molecule has 0 aliphatic rings. The monoisotopic (exact) mass is 436 g/mol. The zero-order valence-corrected chi connectivity index (χ0v) is 17.1. The first-order valence-electron chi connectivity index (χ1n) is 9.09. The van der Waals surface area contributed by atoms with Crippen molar-refractivity contribution in [2.75, 3.05) is 5.32 Å². The van der Waals surface area contributed by atoms with E-state index in [0.717, 1.165) is 5.56 Å². The fraction of sp³-hybridized carbons (Fsp3) is 0.0455. The average molecular weight is 437 g/mol. The van der Waals surface area contributed by atoms with Gasteiger partial charge in [0.15, 0.2) is 0 Å². The molecule has 8 nitrogen and oxygen atoms in total.